The molecule has 0 fully saturated rings. The zero-order valence-corrected chi connectivity index (χ0v) is 16.1. The van der Waals surface area contributed by atoms with Gasteiger partial charge in [0.05, 0.1) is 0 Å². The highest BCUT2D eigenvalue weighted by molar-refractivity contribution is 6.76. The van der Waals surface area contributed by atoms with E-state index in [4.69, 9.17) is 13.3 Å². The van der Waals surface area contributed by atoms with Crippen molar-refractivity contribution in [2.24, 2.45) is 0 Å². The molecule has 0 heterocycles. The number of hydrogen-bond donors (Lipinski definition) is 0. The Morgan fingerprint density at radius 1 is 0.727 bits per heavy atom. The van der Waals surface area contributed by atoms with Gasteiger partial charge in [-0.25, -0.2) is 0 Å². The molecule has 126 valence electrons. The summed E-state index contributed by atoms with van der Waals surface area (Å²) >= 11 is 0. The van der Waals surface area contributed by atoms with Crippen molar-refractivity contribution in [3.8, 4) is 0 Å². The maximum Gasteiger partial charge on any atom is 0.537 e. The number of rotatable bonds is 10. The second kappa shape index (κ2) is 9.45. The summed E-state index contributed by atoms with van der Waals surface area (Å²) in [5.74, 6) is 0. The molecule has 0 unspecified atom stereocenters. The van der Waals surface area contributed by atoms with Crippen molar-refractivity contribution in [3.05, 3.63) is 28.8 Å². The molecule has 0 bridgehead atoms. The van der Waals surface area contributed by atoms with Gasteiger partial charge in [-0.3, -0.25) is 0 Å². The lowest BCUT2D eigenvalue weighted by Gasteiger charge is -2.32. The van der Waals surface area contributed by atoms with E-state index in [0.29, 0.717) is 19.8 Å². The van der Waals surface area contributed by atoms with Gasteiger partial charge < -0.3 is 13.3 Å². The normalized spacial score (nSPS) is 11.9. The third-order valence-corrected chi connectivity index (χ3v) is 6.63. The maximum atomic E-state index is 6.27. The highest BCUT2D eigenvalue weighted by Gasteiger charge is 2.46. The van der Waals surface area contributed by atoms with Crippen LogP contribution in [-0.4, -0.2) is 28.6 Å². The zero-order chi connectivity index (χ0) is 16.6. The van der Waals surface area contributed by atoms with Crippen LogP contribution < -0.4 is 5.19 Å². The fourth-order valence-corrected chi connectivity index (χ4v) is 5.93. The van der Waals surface area contributed by atoms with Gasteiger partial charge in [-0.1, -0.05) is 38.5 Å². The van der Waals surface area contributed by atoms with Gasteiger partial charge in [-0.15, -0.1) is 0 Å². The first kappa shape index (κ1) is 19.4. The van der Waals surface area contributed by atoms with Crippen molar-refractivity contribution in [1.29, 1.82) is 0 Å². The van der Waals surface area contributed by atoms with E-state index in [1.54, 1.807) is 0 Å². The Hall–Kier alpha value is -0.683. The van der Waals surface area contributed by atoms with E-state index < -0.39 is 8.80 Å². The Labute approximate surface area is 137 Å². The molecule has 0 aliphatic rings. The van der Waals surface area contributed by atoms with Crippen LogP contribution >= 0.6 is 0 Å². The largest absolute Gasteiger partial charge is 0.537 e. The lowest BCUT2D eigenvalue weighted by Crippen LogP contribution is -2.59. The van der Waals surface area contributed by atoms with Crippen LogP contribution in [0.4, 0.5) is 0 Å². The average molecular weight is 325 g/mol. The minimum Gasteiger partial charge on any atom is -0.370 e. The molecule has 0 spiro atoms. The van der Waals surface area contributed by atoms with Crippen molar-refractivity contribution in [1.82, 2.24) is 0 Å². The average Bonchev–Trinajstić information content (AvgIpc) is 2.47. The van der Waals surface area contributed by atoms with Gasteiger partial charge in [-0.05, 0) is 51.2 Å². The molecule has 0 aliphatic heterocycles. The molecule has 0 saturated heterocycles. The van der Waals surface area contributed by atoms with Crippen LogP contribution in [0.25, 0.3) is 0 Å². The monoisotopic (exact) mass is 324 g/mol. The molecule has 0 atom stereocenters. The summed E-state index contributed by atoms with van der Waals surface area (Å²) in [4.78, 5) is 0. The standard InChI is InChI=1S/C18H32O3Si/c1-7-10-19-22(20-11-8-2,21-12-9-3)18-16(5)13-15(4)14-17(18)6/h13-14H,7-12H2,1-6H3. The fourth-order valence-electron chi connectivity index (χ4n) is 2.71. The molecule has 1 aromatic rings. The Morgan fingerprint density at radius 3 is 1.41 bits per heavy atom. The van der Waals surface area contributed by atoms with Gasteiger partial charge in [-0.2, -0.15) is 0 Å². The third kappa shape index (κ3) is 4.91. The molecule has 4 heteroatoms. The fraction of sp³-hybridized carbons (Fsp3) is 0.667. The first-order valence-corrected chi connectivity index (χ1v) is 10.2. The molecular weight excluding hydrogens is 292 g/mol. The smallest absolute Gasteiger partial charge is 0.370 e. The molecule has 0 amide bonds. The van der Waals surface area contributed by atoms with Crippen LogP contribution in [0.5, 0.6) is 0 Å². The third-order valence-electron chi connectivity index (χ3n) is 3.47. The van der Waals surface area contributed by atoms with Gasteiger partial charge in [0.1, 0.15) is 0 Å². The number of benzene rings is 1. The summed E-state index contributed by atoms with van der Waals surface area (Å²) < 4.78 is 18.8. The highest BCUT2D eigenvalue weighted by atomic mass is 28.4. The molecular formula is C18H32O3Si. The summed E-state index contributed by atoms with van der Waals surface area (Å²) in [5, 5.41) is 1.16. The minimum absolute atomic E-state index is 0.673. The first-order valence-electron chi connectivity index (χ1n) is 8.50. The van der Waals surface area contributed by atoms with Crippen molar-refractivity contribution < 1.29 is 13.3 Å². The van der Waals surface area contributed by atoms with Crippen LogP contribution in [0.2, 0.25) is 0 Å². The maximum absolute atomic E-state index is 6.27. The van der Waals surface area contributed by atoms with Crippen LogP contribution in [0, 0.1) is 20.8 Å². The summed E-state index contributed by atoms with van der Waals surface area (Å²) in [7, 11) is -2.85. The van der Waals surface area contributed by atoms with Crippen LogP contribution in [0.3, 0.4) is 0 Å². The van der Waals surface area contributed by atoms with Crippen molar-refractivity contribution in [2.45, 2.75) is 60.8 Å². The van der Waals surface area contributed by atoms with E-state index in [1.807, 2.05) is 0 Å². The van der Waals surface area contributed by atoms with Crippen LogP contribution in [0.15, 0.2) is 12.1 Å². The Morgan fingerprint density at radius 2 is 1.09 bits per heavy atom. The molecule has 0 N–H and O–H groups in total. The second-order valence-corrected chi connectivity index (χ2v) is 8.35. The minimum atomic E-state index is -2.85. The van der Waals surface area contributed by atoms with Crippen molar-refractivity contribution in [2.75, 3.05) is 19.8 Å². The quantitative estimate of drug-likeness (QED) is 0.608. The zero-order valence-electron chi connectivity index (χ0n) is 15.1. The molecule has 0 saturated carbocycles. The van der Waals surface area contributed by atoms with Gasteiger partial charge >= 0.3 is 8.80 Å². The summed E-state index contributed by atoms with van der Waals surface area (Å²) in [6.45, 7) is 14.8. The van der Waals surface area contributed by atoms with Gasteiger partial charge in [0.25, 0.3) is 0 Å². The lowest BCUT2D eigenvalue weighted by atomic mass is 10.1. The van der Waals surface area contributed by atoms with Crippen molar-refractivity contribution in [3.63, 3.8) is 0 Å². The van der Waals surface area contributed by atoms with E-state index >= 15 is 0 Å². The van der Waals surface area contributed by atoms with Crippen LogP contribution in [0.1, 0.15) is 56.7 Å². The summed E-state index contributed by atoms with van der Waals surface area (Å²) in [6.07, 6.45) is 2.89. The first-order chi connectivity index (χ1) is 10.5. The summed E-state index contributed by atoms with van der Waals surface area (Å²) in [5.41, 5.74) is 3.70. The molecule has 1 rings (SSSR count). The van der Waals surface area contributed by atoms with E-state index in [1.165, 1.54) is 16.7 Å². The van der Waals surface area contributed by atoms with E-state index in [0.717, 1.165) is 24.4 Å². The topological polar surface area (TPSA) is 27.7 Å². The molecule has 0 aliphatic carbocycles. The molecule has 1 aromatic carbocycles. The predicted octanol–water partition coefficient (Wildman–Crippen LogP) is 4.04. The molecule has 0 radical (unpaired) electrons. The summed E-state index contributed by atoms with van der Waals surface area (Å²) in [6, 6.07) is 4.40. The molecule has 3 nitrogen and oxygen atoms in total. The molecule has 0 aromatic heterocycles. The van der Waals surface area contributed by atoms with E-state index in [-0.39, 0.29) is 0 Å². The Balaban J connectivity index is 3.31. The Kier molecular flexibility index (Phi) is 8.32. The van der Waals surface area contributed by atoms with Crippen molar-refractivity contribution >= 4 is 14.0 Å². The van der Waals surface area contributed by atoms with E-state index in [2.05, 4.69) is 53.7 Å². The van der Waals surface area contributed by atoms with Gasteiger partial charge in [0.15, 0.2) is 0 Å². The predicted molar refractivity (Wildman–Crippen MR) is 94.8 cm³/mol. The van der Waals surface area contributed by atoms with Gasteiger partial charge in [0, 0.05) is 25.0 Å². The molecule has 22 heavy (non-hydrogen) atoms. The Bertz CT molecular complexity index is 415. The van der Waals surface area contributed by atoms with Crippen LogP contribution in [-0.2, 0) is 13.3 Å². The number of aryl methyl sites for hydroxylation is 3. The van der Waals surface area contributed by atoms with E-state index in [9.17, 15) is 0 Å². The second-order valence-electron chi connectivity index (χ2n) is 5.88. The highest BCUT2D eigenvalue weighted by Crippen LogP contribution is 2.18. The van der Waals surface area contributed by atoms with Gasteiger partial charge in [0.2, 0.25) is 0 Å². The SMILES string of the molecule is CCCO[Si](OCCC)(OCCC)c1c(C)cc(C)cc1C. The number of hydrogen-bond acceptors (Lipinski definition) is 3. The lowest BCUT2D eigenvalue weighted by molar-refractivity contribution is 0.0729.